The lowest BCUT2D eigenvalue weighted by Crippen LogP contribution is -2.38. The van der Waals surface area contributed by atoms with Gasteiger partial charge in [-0.25, -0.2) is 0 Å². The zero-order valence-electron chi connectivity index (χ0n) is 12.0. The summed E-state index contributed by atoms with van der Waals surface area (Å²) >= 11 is 0. The van der Waals surface area contributed by atoms with Gasteiger partial charge in [0.15, 0.2) is 0 Å². The summed E-state index contributed by atoms with van der Waals surface area (Å²) < 4.78 is 5.64. The van der Waals surface area contributed by atoms with Crippen molar-refractivity contribution in [3.63, 3.8) is 0 Å². The number of ether oxygens (including phenoxy) is 1. The van der Waals surface area contributed by atoms with Gasteiger partial charge < -0.3 is 15.4 Å². The van der Waals surface area contributed by atoms with Gasteiger partial charge in [-0.3, -0.25) is 0 Å². The number of nitrogens with two attached hydrogens (primary N) is 1. The number of hydrogen-bond donors (Lipinski definition) is 1. The molecule has 1 aromatic rings. The third-order valence-corrected chi connectivity index (χ3v) is 2.98. The molecule has 0 bridgehead atoms. The molecule has 0 aliphatic rings. The Balaban J connectivity index is 2.31. The summed E-state index contributed by atoms with van der Waals surface area (Å²) in [6.07, 6.45) is 0. The Bertz CT molecular complexity index is 420. The largest absolute Gasteiger partial charge is 0.492 e. The number of nitriles is 1. The summed E-state index contributed by atoms with van der Waals surface area (Å²) in [4.78, 5) is 2.22. The molecule has 0 fully saturated rings. The highest BCUT2D eigenvalue weighted by molar-refractivity contribution is 5.34. The van der Waals surface area contributed by atoms with Crippen LogP contribution in [-0.2, 0) is 0 Å². The van der Waals surface area contributed by atoms with Crippen LogP contribution in [0, 0.1) is 16.7 Å². The molecule has 0 heterocycles. The Kier molecular flexibility index (Phi) is 5.81. The molecule has 1 aromatic carbocycles. The number of likely N-dealkylation sites (N-methyl/N-ethyl adjacent to an activating group) is 1. The fourth-order valence-corrected chi connectivity index (χ4v) is 1.82. The molecule has 0 aliphatic carbocycles. The van der Waals surface area contributed by atoms with Crippen molar-refractivity contribution in [2.24, 2.45) is 11.1 Å². The Morgan fingerprint density at radius 1 is 1.32 bits per heavy atom. The Morgan fingerprint density at radius 3 is 2.47 bits per heavy atom. The van der Waals surface area contributed by atoms with Crippen molar-refractivity contribution in [3.05, 3.63) is 29.8 Å². The molecule has 19 heavy (non-hydrogen) atoms. The molecular formula is C15H23N3O. The molecular weight excluding hydrogens is 238 g/mol. The first-order chi connectivity index (χ1) is 8.96. The summed E-state index contributed by atoms with van der Waals surface area (Å²) in [6.45, 7) is 7.41. The molecule has 0 radical (unpaired) electrons. The van der Waals surface area contributed by atoms with Crippen molar-refractivity contribution in [1.29, 1.82) is 5.26 Å². The Labute approximate surface area is 115 Å². The number of rotatable bonds is 7. The zero-order valence-corrected chi connectivity index (χ0v) is 12.0. The average molecular weight is 261 g/mol. The van der Waals surface area contributed by atoms with Gasteiger partial charge in [0.25, 0.3) is 0 Å². The first-order valence-corrected chi connectivity index (χ1v) is 6.48. The van der Waals surface area contributed by atoms with Crippen LogP contribution in [-0.4, -0.2) is 38.2 Å². The van der Waals surface area contributed by atoms with Gasteiger partial charge in [0, 0.05) is 13.1 Å². The van der Waals surface area contributed by atoms with E-state index in [1.165, 1.54) is 0 Å². The minimum Gasteiger partial charge on any atom is -0.492 e. The molecule has 0 saturated carbocycles. The number of nitrogens with zero attached hydrogens (tertiary/aromatic N) is 2. The second-order valence-corrected chi connectivity index (χ2v) is 5.59. The molecule has 0 spiro atoms. The molecule has 0 atom stereocenters. The lowest BCUT2D eigenvalue weighted by Gasteiger charge is -2.28. The van der Waals surface area contributed by atoms with Crippen molar-refractivity contribution in [2.75, 3.05) is 33.3 Å². The SMILES string of the molecule is CN(CCOc1ccc(C#N)cc1)CC(C)(C)CN. The van der Waals surface area contributed by atoms with E-state index in [2.05, 4.69) is 31.9 Å². The van der Waals surface area contributed by atoms with Crippen LogP contribution in [0.4, 0.5) is 0 Å². The van der Waals surface area contributed by atoms with E-state index >= 15 is 0 Å². The fourth-order valence-electron chi connectivity index (χ4n) is 1.82. The molecule has 4 nitrogen and oxygen atoms in total. The minimum absolute atomic E-state index is 0.128. The molecule has 0 aromatic heterocycles. The first-order valence-electron chi connectivity index (χ1n) is 6.48. The number of hydrogen-bond acceptors (Lipinski definition) is 4. The molecule has 1 rings (SSSR count). The third-order valence-electron chi connectivity index (χ3n) is 2.98. The topological polar surface area (TPSA) is 62.3 Å². The summed E-state index contributed by atoms with van der Waals surface area (Å²) in [5.74, 6) is 0.797. The van der Waals surface area contributed by atoms with E-state index in [4.69, 9.17) is 15.7 Å². The lowest BCUT2D eigenvalue weighted by atomic mass is 9.93. The molecule has 0 amide bonds. The Morgan fingerprint density at radius 2 is 1.95 bits per heavy atom. The zero-order chi connectivity index (χ0) is 14.3. The van der Waals surface area contributed by atoms with Crippen LogP contribution in [0.25, 0.3) is 0 Å². The first kappa shape index (κ1) is 15.5. The second kappa shape index (κ2) is 7.13. The van der Waals surface area contributed by atoms with Crippen LogP contribution in [0.3, 0.4) is 0 Å². The van der Waals surface area contributed by atoms with E-state index in [0.29, 0.717) is 18.7 Å². The number of benzene rings is 1. The van der Waals surface area contributed by atoms with Gasteiger partial charge in [0.05, 0.1) is 11.6 Å². The third kappa shape index (κ3) is 5.73. The van der Waals surface area contributed by atoms with E-state index in [-0.39, 0.29) is 5.41 Å². The maximum atomic E-state index is 8.70. The van der Waals surface area contributed by atoms with Gasteiger partial charge in [-0.2, -0.15) is 5.26 Å². The van der Waals surface area contributed by atoms with Gasteiger partial charge in [-0.15, -0.1) is 0 Å². The van der Waals surface area contributed by atoms with Crippen LogP contribution >= 0.6 is 0 Å². The van der Waals surface area contributed by atoms with E-state index in [1.807, 2.05) is 12.1 Å². The monoisotopic (exact) mass is 261 g/mol. The van der Waals surface area contributed by atoms with Gasteiger partial charge in [-0.1, -0.05) is 13.8 Å². The lowest BCUT2D eigenvalue weighted by molar-refractivity contribution is 0.181. The van der Waals surface area contributed by atoms with Crippen LogP contribution < -0.4 is 10.5 Å². The van der Waals surface area contributed by atoms with E-state index < -0.39 is 0 Å². The molecule has 2 N–H and O–H groups in total. The normalized spacial score (nSPS) is 11.4. The van der Waals surface area contributed by atoms with Crippen LogP contribution in [0.5, 0.6) is 5.75 Å². The summed E-state index contributed by atoms with van der Waals surface area (Å²) in [6, 6.07) is 9.25. The standard InChI is InChI=1S/C15H23N3O/c1-15(2,11-17)12-18(3)8-9-19-14-6-4-13(10-16)5-7-14/h4-7H,8-9,11-12,17H2,1-3H3. The predicted molar refractivity (Wildman–Crippen MR) is 77.0 cm³/mol. The van der Waals surface area contributed by atoms with Crippen molar-refractivity contribution in [3.8, 4) is 11.8 Å². The van der Waals surface area contributed by atoms with Gasteiger partial charge in [-0.05, 0) is 43.3 Å². The average Bonchev–Trinajstić information content (AvgIpc) is 2.39. The minimum atomic E-state index is 0.128. The maximum absolute atomic E-state index is 8.70. The van der Waals surface area contributed by atoms with E-state index in [1.54, 1.807) is 12.1 Å². The Hall–Kier alpha value is -1.57. The molecule has 0 aliphatic heterocycles. The van der Waals surface area contributed by atoms with E-state index in [9.17, 15) is 0 Å². The van der Waals surface area contributed by atoms with Gasteiger partial charge in [0.1, 0.15) is 12.4 Å². The summed E-state index contributed by atoms with van der Waals surface area (Å²) in [5, 5.41) is 8.70. The van der Waals surface area contributed by atoms with Crippen molar-refractivity contribution in [2.45, 2.75) is 13.8 Å². The highest BCUT2D eigenvalue weighted by Gasteiger charge is 2.17. The quantitative estimate of drug-likeness (QED) is 0.813. The van der Waals surface area contributed by atoms with Crippen molar-refractivity contribution >= 4 is 0 Å². The predicted octanol–water partition coefficient (Wildman–Crippen LogP) is 1.85. The molecule has 0 saturated heterocycles. The van der Waals surface area contributed by atoms with Gasteiger partial charge >= 0.3 is 0 Å². The second-order valence-electron chi connectivity index (χ2n) is 5.59. The van der Waals surface area contributed by atoms with Crippen molar-refractivity contribution in [1.82, 2.24) is 4.90 Å². The van der Waals surface area contributed by atoms with E-state index in [0.717, 1.165) is 18.8 Å². The smallest absolute Gasteiger partial charge is 0.119 e. The van der Waals surface area contributed by atoms with Crippen LogP contribution in [0.2, 0.25) is 0 Å². The van der Waals surface area contributed by atoms with Gasteiger partial charge in [0.2, 0.25) is 0 Å². The van der Waals surface area contributed by atoms with Crippen molar-refractivity contribution < 1.29 is 4.74 Å². The summed E-state index contributed by atoms with van der Waals surface area (Å²) in [7, 11) is 2.07. The molecule has 0 unspecified atom stereocenters. The highest BCUT2D eigenvalue weighted by Crippen LogP contribution is 2.14. The van der Waals surface area contributed by atoms with Crippen LogP contribution in [0.15, 0.2) is 24.3 Å². The fraction of sp³-hybridized carbons (Fsp3) is 0.533. The summed E-state index contributed by atoms with van der Waals surface area (Å²) in [5.41, 5.74) is 6.49. The maximum Gasteiger partial charge on any atom is 0.119 e. The highest BCUT2D eigenvalue weighted by atomic mass is 16.5. The molecule has 4 heteroatoms. The molecule has 104 valence electrons. The van der Waals surface area contributed by atoms with Crippen LogP contribution in [0.1, 0.15) is 19.4 Å².